The Morgan fingerprint density at radius 1 is 0.554 bits per heavy atom. The number of unbranched alkanes of at least 4 members (excludes halogenated alkanes) is 17. The van der Waals surface area contributed by atoms with E-state index in [0.717, 1.165) is 77.0 Å². The number of likely N-dealkylation sites (tertiary alicyclic amines) is 1. The van der Waals surface area contributed by atoms with Gasteiger partial charge in [0, 0.05) is 37.8 Å². The minimum absolute atomic E-state index is 0.0904. The summed E-state index contributed by atoms with van der Waals surface area (Å²) in [6, 6.07) is -0.581. The van der Waals surface area contributed by atoms with E-state index in [-0.39, 0.29) is 42.9 Å². The lowest BCUT2D eigenvalue weighted by atomic mass is 9.98. The summed E-state index contributed by atoms with van der Waals surface area (Å²) in [6.45, 7) is 6.40. The number of rotatable bonds is 37. The number of nitrogens with two attached hydrogens (primary N) is 2. The molecule has 4 N–H and O–H groups in total. The number of hydrogen-bond acceptors (Lipinski definition) is 7. The standard InChI is InChI=1S/C48H85N3O5/c1-3-5-7-9-11-13-15-17-19-21-23-25-27-29-31-36-46(52)55-41-43-39-51(48(54)45(50)35-33-34-38-49)40-44(43)42-56-47(53)37-32-30-28-26-24-22-20-18-16-14-12-10-8-6-4-2/h11-14,17-20,43-45H,3-10,15-16,21-42,49-50H2,1-2H3/b13-11-,14-12-,19-17-,20-18-/t43-,44?,45-/m0/s1. The number of esters is 2. The van der Waals surface area contributed by atoms with Gasteiger partial charge in [0.2, 0.25) is 5.91 Å². The van der Waals surface area contributed by atoms with E-state index in [2.05, 4.69) is 62.5 Å². The first-order valence-electron chi connectivity index (χ1n) is 23.1. The van der Waals surface area contributed by atoms with Gasteiger partial charge in [-0.3, -0.25) is 14.4 Å². The molecule has 0 bridgehead atoms. The molecule has 56 heavy (non-hydrogen) atoms. The highest BCUT2D eigenvalue weighted by atomic mass is 16.5. The van der Waals surface area contributed by atoms with Crippen LogP contribution in [0.3, 0.4) is 0 Å². The summed E-state index contributed by atoms with van der Waals surface area (Å²) < 4.78 is 11.5. The van der Waals surface area contributed by atoms with Crippen LogP contribution in [0.1, 0.15) is 187 Å². The smallest absolute Gasteiger partial charge is 0.305 e. The molecule has 1 rings (SSSR count). The third-order valence-corrected chi connectivity index (χ3v) is 10.8. The molecule has 8 nitrogen and oxygen atoms in total. The Balaban J connectivity index is 2.34. The normalized spacial score (nSPS) is 16.6. The molecule has 1 aliphatic rings. The number of hydrogen-bond donors (Lipinski definition) is 2. The van der Waals surface area contributed by atoms with E-state index >= 15 is 0 Å². The molecule has 0 aromatic carbocycles. The Hall–Kier alpha value is -2.71. The second-order valence-corrected chi connectivity index (χ2v) is 16.0. The molecule has 1 unspecified atom stereocenters. The van der Waals surface area contributed by atoms with Crippen LogP contribution < -0.4 is 11.5 Å². The molecular formula is C48H85N3O5. The van der Waals surface area contributed by atoms with Crippen molar-refractivity contribution in [3.05, 3.63) is 48.6 Å². The maximum Gasteiger partial charge on any atom is 0.305 e. The zero-order chi connectivity index (χ0) is 40.7. The molecule has 1 amide bonds. The molecule has 0 saturated carbocycles. The van der Waals surface area contributed by atoms with Crippen molar-refractivity contribution in [2.45, 2.75) is 193 Å². The van der Waals surface area contributed by atoms with Crippen molar-refractivity contribution < 1.29 is 23.9 Å². The highest BCUT2D eigenvalue weighted by molar-refractivity contribution is 5.82. The van der Waals surface area contributed by atoms with E-state index in [4.69, 9.17) is 20.9 Å². The first kappa shape index (κ1) is 51.3. The van der Waals surface area contributed by atoms with Crippen LogP contribution in [0.2, 0.25) is 0 Å². The van der Waals surface area contributed by atoms with E-state index in [1.165, 1.54) is 77.0 Å². The number of ether oxygens (including phenoxy) is 2. The largest absolute Gasteiger partial charge is 0.465 e. The topological polar surface area (TPSA) is 125 Å². The van der Waals surface area contributed by atoms with Crippen LogP contribution in [0, 0.1) is 11.8 Å². The number of carbonyl (C=O) groups excluding carboxylic acids is 3. The zero-order valence-corrected chi connectivity index (χ0v) is 36.1. The third-order valence-electron chi connectivity index (χ3n) is 10.8. The number of allylic oxidation sites excluding steroid dienone is 8. The molecule has 0 aromatic heterocycles. The summed E-state index contributed by atoms with van der Waals surface area (Å²) in [5.41, 5.74) is 11.9. The molecule has 0 aliphatic carbocycles. The SMILES string of the molecule is CCCCC/C=C\C/C=C\CCCCCCCC(=O)OCC1CN(C(=O)[C@@H](N)CCCCN)C[C@H]1COC(=O)CCCCCCC/C=C\C/C=C\CCCCC. The second kappa shape index (κ2) is 37.8. The lowest BCUT2D eigenvalue weighted by Gasteiger charge is -2.21. The number of amides is 1. The predicted molar refractivity (Wildman–Crippen MR) is 235 cm³/mol. The molecular weight excluding hydrogens is 699 g/mol. The minimum atomic E-state index is -0.581. The van der Waals surface area contributed by atoms with Crippen molar-refractivity contribution in [1.82, 2.24) is 4.90 Å². The molecule has 1 heterocycles. The first-order chi connectivity index (χ1) is 27.4. The minimum Gasteiger partial charge on any atom is -0.465 e. The Labute approximate surface area is 343 Å². The van der Waals surface area contributed by atoms with Gasteiger partial charge in [-0.2, -0.15) is 0 Å². The highest BCUT2D eigenvalue weighted by Gasteiger charge is 2.38. The first-order valence-corrected chi connectivity index (χ1v) is 23.1. The van der Waals surface area contributed by atoms with E-state index in [9.17, 15) is 14.4 Å². The summed E-state index contributed by atoms with van der Waals surface area (Å²) in [5, 5.41) is 0. The molecule has 0 radical (unpaired) electrons. The lowest BCUT2D eigenvalue weighted by molar-refractivity contribution is -0.149. The fourth-order valence-electron chi connectivity index (χ4n) is 7.07. The predicted octanol–water partition coefficient (Wildman–Crippen LogP) is 11.2. The highest BCUT2D eigenvalue weighted by Crippen LogP contribution is 2.26. The van der Waals surface area contributed by atoms with Crippen molar-refractivity contribution in [2.75, 3.05) is 32.8 Å². The summed E-state index contributed by atoms with van der Waals surface area (Å²) in [6.07, 6.45) is 46.3. The second-order valence-electron chi connectivity index (χ2n) is 16.0. The van der Waals surface area contributed by atoms with Crippen molar-refractivity contribution >= 4 is 17.8 Å². The van der Waals surface area contributed by atoms with E-state index < -0.39 is 6.04 Å². The summed E-state index contributed by atoms with van der Waals surface area (Å²) in [4.78, 5) is 40.3. The Morgan fingerprint density at radius 2 is 0.946 bits per heavy atom. The average Bonchev–Trinajstić information content (AvgIpc) is 3.61. The van der Waals surface area contributed by atoms with Gasteiger partial charge in [0.1, 0.15) is 0 Å². The molecule has 1 aliphatic heterocycles. The maximum atomic E-state index is 13.2. The van der Waals surface area contributed by atoms with Crippen LogP contribution >= 0.6 is 0 Å². The van der Waals surface area contributed by atoms with Crippen molar-refractivity contribution in [3.8, 4) is 0 Å². The summed E-state index contributed by atoms with van der Waals surface area (Å²) in [5.74, 6) is -0.672. The Kier molecular flexibility index (Phi) is 34.7. The lowest BCUT2D eigenvalue weighted by Crippen LogP contribution is -2.43. The number of nitrogens with zero attached hydrogens (tertiary/aromatic N) is 1. The van der Waals surface area contributed by atoms with Gasteiger partial charge in [-0.05, 0) is 96.4 Å². The van der Waals surface area contributed by atoms with Gasteiger partial charge in [0.25, 0.3) is 0 Å². The fourth-order valence-corrected chi connectivity index (χ4v) is 7.07. The quantitative estimate of drug-likeness (QED) is 0.0365. The van der Waals surface area contributed by atoms with Crippen LogP contribution in [0.5, 0.6) is 0 Å². The maximum absolute atomic E-state index is 13.2. The van der Waals surface area contributed by atoms with Gasteiger partial charge in [0.05, 0.1) is 19.3 Å². The summed E-state index contributed by atoms with van der Waals surface area (Å²) in [7, 11) is 0. The Morgan fingerprint density at radius 3 is 1.36 bits per heavy atom. The number of carbonyl (C=O) groups is 3. The third kappa shape index (κ3) is 29.5. The fraction of sp³-hybridized carbons (Fsp3) is 0.771. The monoisotopic (exact) mass is 784 g/mol. The molecule has 1 saturated heterocycles. The van der Waals surface area contributed by atoms with Gasteiger partial charge in [0.15, 0.2) is 0 Å². The van der Waals surface area contributed by atoms with Gasteiger partial charge < -0.3 is 25.8 Å². The molecule has 3 atom stereocenters. The van der Waals surface area contributed by atoms with Gasteiger partial charge in [-0.15, -0.1) is 0 Å². The van der Waals surface area contributed by atoms with Crippen molar-refractivity contribution in [1.29, 1.82) is 0 Å². The van der Waals surface area contributed by atoms with E-state index in [1.54, 1.807) is 4.90 Å². The molecule has 8 heteroatoms. The van der Waals surface area contributed by atoms with Crippen molar-refractivity contribution in [3.63, 3.8) is 0 Å². The molecule has 0 aromatic rings. The van der Waals surface area contributed by atoms with Gasteiger partial charge >= 0.3 is 11.9 Å². The van der Waals surface area contributed by atoms with Crippen LogP contribution in [0.25, 0.3) is 0 Å². The molecule has 1 fully saturated rings. The van der Waals surface area contributed by atoms with E-state index in [1.807, 2.05) is 0 Å². The van der Waals surface area contributed by atoms with E-state index in [0.29, 0.717) is 38.9 Å². The van der Waals surface area contributed by atoms with Crippen LogP contribution in [-0.4, -0.2) is 61.6 Å². The van der Waals surface area contributed by atoms with Gasteiger partial charge in [-0.1, -0.05) is 133 Å². The zero-order valence-electron chi connectivity index (χ0n) is 36.1. The molecule has 0 spiro atoms. The van der Waals surface area contributed by atoms with Crippen LogP contribution in [0.15, 0.2) is 48.6 Å². The Bertz CT molecular complexity index is 1020. The van der Waals surface area contributed by atoms with Crippen LogP contribution in [-0.2, 0) is 23.9 Å². The average molecular weight is 784 g/mol. The molecule has 322 valence electrons. The van der Waals surface area contributed by atoms with Crippen LogP contribution in [0.4, 0.5) is 0 Å². The van der Waals surface area contributed by atoms with Gasteiger partial charge in [-0.25, -0.2) is 0 Å². The van der Waals surface area contributed by atoms with Crippen molar-refractivity contribution in [2.24, 2.45) is 23.3 Å². The summed E-state index contributed by atoms with van der Waals surface area (Å²) >= 11 is 0.